The molecule has 0 fully saturated rings. The van der Waals surface area contributed by atoms with E-state index in [1.54, 1.807) is 19.1 Å². The summed E-state index contributed by atoms with van der Waals surface area (Å²) in [5.74, 6) is -1.38. The second kappa shape index (κ2) is 6.23. The Morgan fingerprint density at radius 1 is 1.25 bits per heavy atom. The summed E-state index contributed by atoms with van der Waals surface area (Å²) >= 11 is 0. The zero-order chi connectivity index (χ0) is 15.5. The van der Waals surface area contributed by atoms with Crippen molar-refractivity contribution in [1.29, 1.82) is 0 Å². The van der Waals surface area contributed by atoms with E-state index < -0.39 is 21.9 Å². The van der Waals surface area contributed by atoms with Crippen LogP contribution in [0.15, 0.2) is 29.2 Å². The number of sulfonamides is 1. The molecular formula is C13H20N2O4S. The Kier molecular flexibility index (Phi) is 5.13. The number of hydrogen-bond acceptors (Lipinski definition) is 4. The average molecular weight is 300 g/mol. The van der Waals surface area contributed by atoms with Gasteiger partial charge in [-0.25, -0.2) is 13.6 Å². The SMILES string of the molecule is CC(CN(c1ccc(S(N)(=O)=O)cc1)C(C)C)C(=O)O. The molecule has 7 heteroatoms. The summed E-state index contributed by atoms with van der Waals surface area (Å²) in [7, 11) is -3.71. The van der Waals surface area contributed by atoms with Crippen LogP contribution in [0.1, 0.15) is 20.8 Å². The predicted molar refractivity (Wildman–Crippen MR) is 77.1 cm³/mol. The third kappa shape index (κ3) is 4.21. The van der Waals surface area contributed by atoms with Gasteiger partial charge in [0, 0.05) is 18.3 Å². The fourth-order valence-corrected chi connectivity index (χ4v) is 2.33. The molecule has 1 atom stereocenters. The molecule has 1 aromatic rings. The molecule has 0 saturated carbocycles. The lowest BCUT2D eigenvalue weighted by atomic mass is 10.1. The smallest absolute Gasteiger partial charge is 0.308 e. The van der Waals surface area contributed by atoms with Crippen LogP contribution in [0, 0.1) is 5.92 Å². The highest BCUT2D eigenvalue weighted by molar-refractivity contribution is 7.89. The second-order valence-electron chi connectivity index (χ2n) is 5.02. The lowest BCUT2D eigenvalue weighted by molar-refractivity contribution is -0.140. The van der Waals surface area contributed by atoms with Crippen LogP contribution in [-0.4, -0.2) is 32.1 Å². The summed E-state index contributed by atoms with van der Waals surface area (Å²) in [6.45, 7) is 5.88. The first-order valence-corrected chi connectivity index (χ1v) is 7.80. The van der Waals surface area contributed by atoms with Crippen molar-refractivity contribution >= 4 is 21.7 Å². The molecule has 0 aliphatic heterocycles. The van der Waals surface area contributed by atoms with Crippen molar-refractivity contribution in [3.63, 3.8) is 0 Å². The third-order valence-electron chi connectivity index (χ3n) is 3.01. The van der Waals surface area contributed by atoms with Gasteiger partial charge >= 0.3 is 5.97 Å². The molecule has 1 aromatic carbocycles. The van der Waals surface area contributed by atoms with Crippen molar-refractivity contribution in [2.45, 2.75) is 31.7 Å². The minimum atomic E-state index is -3.71. The Morgan fingerprint density at radius 3 is 2.10 bits per heavy atom. The largest absolute Gasteiger partial charge is 0.481 e. The van der Waals surface area contributed by atoms with E-state index in [9.17, 15) is 13.2 Å². The van der Waals surface area contributed by atoms with E-state index in [4.69, 9.17) is 10.2 Å². The van der Waals surface area contributed by atoms with E-state index in [2.05, 4.69) is 0 Å². The molecule has 0 radical (unpaired) electrons. The van der Waals surface area contributed by atoms with Gasteiger partial charge in [0.15, 0.2) is 0 Å². The zero-order valence-corrected chi connectivity index (χ0v) is 12.6. The van der Waals surface area contributed by atoms with Crippen molar-refractivity contribution in [2.24, 2.45) is 11.1 Å². The van der Waals surface area contributed by atoms with Crippen molar-refractivity contribution in [3.8, 4) is 0 Å². The molecule has 3 N–H and O–H groups in total. The van der Waals surface area contributed by atoms with Crippen LogP contribution in [0.2, 0.25) is 0 Å². The highest BCUT2D eigenvalue weighted by Gasteiger charge is 2.19. The Morgan fingerprint density at radius 2 is 1.75 bits per heavy atom. The van der Waals surface area contributed by atoms with Crippen molar-refractivity contribution in [2.75, 3.05) is 11.4 Å². The van der Waals surface area contributed by atoms with Gasteiger partial charge < -0.3 is 10.0 Å². The van der Waals surface area contributed by atoms with E-state index in [0.717, 1.165) is 5.69 Å². The van der Waals surface area contributed by atoms with Crippen LogP contribution >= 0.6 is 0 Å². The van der Waals surface area contributed by atoms with Crippen LogP contribution in [0.5, 0.6) is 0 Å². The van der Waals surface area contributed by atoms with E-state index in [1.807, 2.05) is 18.7 Å². The number of anilines is 1. The minimum absolute atomic E-state index is 0.0382. The lowest BCUT2D eigenvalue weighted by Crippen LogP contribution is -2.37. The topological polar surface area (TPSA) is 101 Å². The fourth-order valence-electron chi connectivity index (χ4n) is 1.81. The van der Waals surface area contributed by atoms with E-state index >= 15 is 0 Å². The number of hydrogen-bond donors (Lipinski definition) is 2. The molecule has 0 bridgehead atoms. The molecule has 0 amide bonds. The van der Waals surface area contributed by atoms with Gasteiger partial charge in [0.1, 0.15) is 0 Å². The van der Waals surface area contributed by atoms with Gasteiger partial charge in [-0.3, -0.25) is 4.79 Å². The average Bonchev–Trinajstić information content (AvgIpc) is 2.34. The molecule has 0 spiro atoms. The monoisotopic (exact) mass is 300 g/mol. The Balaban J connectivity index is 3.02. The highest BCUT2D eigenvalue weighted by atomic mass is 32.2. The van der Waals surface area contributed by atoms with Gasteiger partial charge in [0.25, 0.3) is 0 Å². The summed E-state index contributed by atoms with van der Waals surface area (Å²) in [4.78, 5) is 12.9. The normalized spacial score (nSPS) is 13.2. The number of carboxylic acid groups (broad SMARTS) is 1. The van der Waals surface area contributed by atoms with Crippen LogP contribution < -0.4 is 10.0 Å². The van der Waals surface area contributed by atoms with Gasteiger partial charge in [-0.15, -0.1) is 0 Å². The molecule has 0 aromatic heterocycles. The molecule has 112 valence electrons. The molecule has 1 rings (SSSR count). The highest BCUT2D eigenvalue weighted by Crippen LogP contribution is 2.21. The first-order valence-electron chi connectivity index (χ1n) is 6.25. The molecule has 6 nitrogen and oxygen atoms in total. The van der Waals surface area contributed by atoms with Gasteiger partial charge in [-0.05, 0) is 38.1 Å². The summed E-state index contributed by atoms with van der Waals surface area (Å²) in [5.41, 5.74) is 0.764. The summed E-state index contributed by atoms with van der Waals surface area (Å²) in [6.07, 6.45) is 0. The van der Waals surface area contributed by atoms with Crippen molar-refractivity contribution in [3.05, 3.63) is 24.3 Å². The summed E-state index contributed by atoms with van der Waals surface area (Å²) in [5, 5.41) is 14.0. The molecule has 0 aliphatic carbocycles. The van der Waals surface area contributed by atoms with Gasteiger partial charge in [0.2, 0.25) is 10.0 Å². The molecule has 1 unspecified atom stereocenters. The number of primary sulfonamides is 1. The Hall–Kier alpha value is -1.60. The number of nitrogens with zero attached hydrogens (tertiary/aromatic N) is 1. The fraction of sp³-hybridized carbons (Fsp3) is 0.462. The second-order valence-corrected chi connectivity index (χ2v) is 6.59. The molecule has 0 aliphatic rings. The minimum Gasteiger partial charge on any atom is -0.481 e. The standard InChI is InChI=1S/C13H20N2O4S/c1-9(2)15(8-10(3)13(16)17)11-4-6-12(7-5-11)20(14,18)19/h4-7,9-10H,8H2,1-3H3,(H,16,17)(H2,14,18,19). The van der Waals surface area contributed by atoms with E-state index in [1.165, 1.54) is 12.1 Å². The van der Waals surface area contributed by atoms with Crippen LogP contribution in [-0.2, 0) is 14.8 Å². The number of carbonyl (C=O) groups is 1. The van der Waals surface area contributed by atoms with E-state index in [0.29, 0.717) is 6.54 Å². The molecule has 0 saturated heterocycles. The van der Waals surface area contributed by atoms with Gasteiger partial charge in [-0.2, -0.15) is 0 Å². The Labute approximate surface area is 119 Å². The zero-order valence-electron chi connectivity index (χ0n) is 11.8. The number of benzene rings is 1. The third-order valence-corrected chi connectivity index (χ3v) is 3.94. The first-order chi connectivity index (χ1) is 9.12. The number of nitrogens with two attached hydrogens (primary N) is 1. The maximum absolute atomic E-state index is 11.2. The lowest BCUT2D eigenvalue weighted by Gasteiger charge is -2.30. The Bertz CT molecular complexity index is 567. The van der Waals surface area contributed by atoms with Gasteiger partial charge in [0.05, 0.1) is 10.8 Å². The number of carboxylic acids is 1. The quantitative estimate of drug-likeness (QED) is 0.824. The van der Waals surface area contributed by atoms with Crippen LogP contribution in [0.25, 0.3) is 0 Å². The first kappa shape index (κ1) is 16.5. The predicted octanol–water partition coefficient (Wildman–Crippen LogP) is 1.27. The summed E-state index contributed by atoms with van der Waals surface area (Å²) in [6, 6.07) is 6.21. The molecule has 20 heavy (non-hydrogen) atoms. The molecule has 0 heterocycles. The maximum Gasteiger partial charge on any atom is 0.308 e. The number of aliphatic carboxylic acids is 1. The van der Waals surface area contributed by atoms with Crippen LogP contribution in [0.4, 0.5) is 5.69 Å². The molecular weight excluding hydrogens is 280 g/mol. The maximum atomic E-state index is 11.2. The van der Waals surface area contributed by atoms with Crippen molar-refractivity contribution in [1.82, 2.24) is 0 Å². The summed E-state index contributed by atoms with van der Waals surface area (Å²) < 4.78 is 22.4. The van der Waals surface area contributed by atoms with Gasteiger partial charge in [-0.1, -0.05) is 6.92 Å². The van der Waals surface area contributed by atoms with E-state index in [-0.39, 0.29) is 10.9 Å². The number of rotatable bonds is 6. The van der Waals surface area contributed by atoms with Crippen molar-refractivity contribution < 1.29 is 18.3 Å². The van der Waals surface area contributed by atoms with Crippen LogP contribution in [0.3, 0.4) is 0 Å².